The lowest BCUT2D eigenvalue weighted by Gasteiger charge is -2.14. The van der Waals surface area contributed by atoms with Crippen molar-refractivity contribution in [3.63, 3.8) is 0 Å². The van der Waals surface area contributed by atoms with Crippen LogP contribution < -0.4 is 0 Å². The number of benzene rings is 11. The third-order valence-electron chi connectivity index (χ3n) is 15.5. The molecule has 6 nitrogen and oxygen atoms in total. The summed E-state index contributed by atoms with van der Waals surface area (Å²) in [5.41, 5.74) is 18.3. The highest BCUT2D eigenvalue weighted by molar-refractivity contribution is 6.29. The Balaban J connectivity index is 1.09. The molecule has 0 aliphatic carbocycles. The summed E-state index contributed by atoms with van der Waals surface area (Å²) in [6.45, 7) is 0. The molecule has 0 atom stereocenters. The summed E-state index contributed by atoms with van der Waals surface area (Å²) < 4.78 is 9.89. The molecule has 11 aromatic carbocycles. The molecule has 354 valence electrons. The molecule has 16 aromatic rings. The van der Waals surface area contributed by atoms with E-state index in [1.54, 1.807) is 0 Å². The van der Waals surface area contributed by atoms with Crippen molar-refractivity contribution in [2.75, 3.05) is 0 Å². The molecule has 5 aromatic heterocycles. The van der Waals surface area contributed by atoms with Crippen molar-refractivity contribution in [3.8, 4) is 56.7 Å². The standard InChI is InChI=1S/C70H44N6/c1-6-21-45(22-7-1)58-44-59(72-70(71-58)46-23-8-2-9-24-46)55-34-20-33-52-54-39-42-63-65(56-32-17-19-36-61(56)73(63)47-25-10-3-11-26-47)69(54)76(67(52)55)50-37-40-62-57(43-50)66-64(74(62)48-27-12-4-13-28-48)41-38-53-51-31-16-18-35-60(51)75(68(53)66)49-29-14-5-15-30-49/h1-44H. The van der Waals surface area contributed by atoms with Crippen molar-refractivity contribution in [3.05, 3.63) is 267 Å². The van der Waals surface area contributed by atoms with Gasteiger partial charge in [-0.2, -0.15) is 0 Å². The Bertz CT molecular complexity index is 4890. The fraction of sp³-hybridized carbons (Fsp3) is 0. The van der Waals surface area contributed by atoms with E-state index in [0.29, 0.717) is 5.82 Å². The van der Waals surface area contributed by atoms with E-state index >= 15 is 0 Å². The molecule has 0 unspecified atom stereocenters. The van der Waals surface area contributed by atoms with Gasteiger partial charge in [0.1, 0.15) is 0 Å². The van der Waals surface area contributed by atoms with Crippen molar-refractivity contribution in [1.29, 1.82) is 0 Å². The molecule has 0 saturated heterocycles. The monoisotopic (exact) mass is 968 g/mol. The zero-order chi connectivity index (χ0) is 49.8. The highest BCUT2D eigenvalue weighted by atomic mass is 15.0. The zero-order valence-electron chi connectivity index (χ0n) is 41.1. The van der Waals surface area contributed by atoms with Crippen LogP contribution in [0.5, 0.6) is 0 Å². The van der Waals surface area contributed by atoms with Gasteiger partial charge in [-0.3, -0.25) is 0 Å². The largest absolute Gasteiger partial charge is 0.309 e. The Labute approximate surface area is 436 Å². The molecule has 0 fully saturated rings. The number of hydrogen-bond donors (Lipinski definition) is 0. The summed E-state index contributed by atoms with van der Waals surface area (Å²) in [4.78, 5) is 10.7. The molecular formula is C70H44N6. The fourth-order valence-corrected chi connectivity index (χ4v) is 12.4. The number of aromatic nitrogens is 6. The predicted octanol–water partition coefficient (Wildman–Crippen LogP) is 17.9. The van der Waals surface area contributed by atoms with Gasteiger partial charge in [0.05, 0.1) is 55.5 Å². The van der Waals surface area contributed by atoms with E-state index in [0.717, 1.165) is 94.7 Å². The Morgan fingerprint density at radius 2 is 0.684 bits per heavy atom. The average molecular weight is 969 g/mol. The number of fused-ring (bicyclic) bond motifs is 14. The fourth-order valence-electron chi connectivity index (χ4n) is 12.4. The first-order valence-electron chi connectivity index (χ1n) is 25.9. The number of hydrogen-bond acceptors (Lipinski definition) is 2. The second-order valence-corrected chi connectivity index (χ2v) is 19.7. The van der Waals surface area contributed by atoms with E-state index < -0.39 is 0 Å². The summed E-state index contributed by atoms with van der Waals surface area (Å²) in [6.07, 6.45) is 0. The molecule has 0 bridgehead atoms. The smallest absolute Gasteiger partial charge is 0.160 e. The maximum atomic E-state index is 5.50. The van der Waals surface area contributed by atoms with Crippen LogP contribution >= 0.6 is 0 Å². The van der Waals surface area contributed by atoms with Crippen LogP contribution in [0.15, 0.2) is 267 Å². The van der Waals surface area contributed by atoms with Gasteiger partial charge in [-0.05, 0) is 84.9 Å². The van der Waals surface area contributed by atoms with Gasteiger partial charge >= 0.3 is 0 Å². The highest BCUT2D eigenvalue weighted by Gasteiger charge is 2.26. The predicted molar refractivity (Wildman–Crippen MR) is 316 cm³/mol. The maximum Gasteiger partial charge on any atom is 0.160 e. The Hall–Kier alpha value is -10.3. The topological polar surface area (TPSA) is 45.5 Å². The van der Waals surface area contributed by atoms with Gasteiger partial charge in [0.25, 0.3) is 0 Å². The molecule has 0 radical (unpaired) electrons. The van der Waals surface area contributed by atoms with Crippen LogP contribution in [0.25, 0.3) is 144 Å². The summed E-state index contributed by atoms with van der Waals surface area (Å²) in [6, 6.07) is 96.3. The van der Waals surface area contributed by atoms with Crippen LogP contribution in [0.2, 0.25) is 0 Å². The van der Waals surface area contributed by atoms with Crippen molar-refractivity contribution in [2.45, 2.75) is 0 Å². The van der Waals surface area contributed by atoms with Crippen LogP contribution in [0.1, 0.15) is 0 Å². The Morgan fingerprint density at radius 3 is 1.33 bits per heavy atom. The van der Waals surface area contributed by atoms with Gasteiger partial charge < -0.3 is 18.3 Å². The molecule has 5 heterocycles. The van der Waals surface area contributed by atoms with Crippen LogP contribution in [-0.4, -0.2) is 28.2 Å². The molecule has 76 heavy (non-hydrogen) atoms. The molecule has 0 N–H and O–H groups in total. The average Bonchev–Trinajstić information content (AvgIpc) is 4.35. The second kappa shape index (κ2) is 16.6. The minimum absolute atomic E-state index is 0.679. The van der Waals surface area contributed by atoms with Crippen molar-refractivity contribution < 1.29 is 0 Å². The molecule has 0 amide bonds. The molecule has 0 aliphatic heterocycles. The van der Waals surface area contributed by atoms with Crippen LogP contribution in [0.3, 0.4) is 0 Å². The third-order valence-corrected chi connectivity index (χ3v) is 15.5. The lowest BCUT2D eigenvalue weighted by molar-refractivity contribution is 1.16. The summed E-state index contributed by atoms with van der Waals surface area (Å²) in [7, 11) is 0. The van der Waals surface area contributed by atoms with E-state index in [1.165, 1.54) is 43.4 Å². The minimum Gasteiger partial charge on any atom is -0.309 e. The van der Waals surface area contributed by atoms with Gasteiger partial charge in [0, 0.05) is 82.5 Å². The van der Waals surface area contributed by atoms with Gasteiger partial charge in [-0.25, -0.2) is 9.97 Å². The van der Waals surface area contributed by atoms with E-state index in [9.17, 15) is 0 Å². The second-order valence-electron chi connectivity index (χ2n) is 19.7. The molecule has 6 heteroatoms. The minimum atomic E-state index is 0.679. The number of rotatable bonds is 7. The first-order valence-corrected chi connectivity index (χ1v) is 25.9. The lowest BCUT2D eigenvalue weighted by Crippen LogP contribution is -1.99. The Morgan fingerprint density at radius 1 is 0.237 bits per heavy atom. The van der Waals surface area contributed by atoms with Gasteiger partial charge in [-0.15, -0.1) is 0 Å². The van der Waals surface area contributed by atoms with Gasteiger partial charge in [0.2, 0.25) is 0 Å². The number of nitrogens with zero attached hydrogens (tertiary/aromatic N) is 6. The Kier molecular flexibility index (Phi) is 9.23. The van der Waals surface area contributed by atoms with E-state index in [1.807, 2.05) is 6.07 Å². The van der Waals surface area contributed by atoms with E-state index in [-0.39, 0.29) is 0 Å². The van der Waals surface area contributed by atoms with Crippen LogP contribution in [0, 0.1) is 0 Å². The summed E-state index contributed by atoms with van der Waals surface area (Å²) >= 11 is 0. The van der Waals surface area contributed by atoms with Crippen molar-refractivity contribution in [2.24, 2.45) is 0 Å². The third kappa shape index (κ3) is 6.22. The molecular weight excluding hydrogens is 925 g/mol. The maximum absolute atomic E-state index is 5.50. The normalized spacial score (nSPS) is 11.9. The quantitative estimate of drug-likeness (QED) is 0.160. The van der Waals surface area contributed by atoms with Gasteiger partial charge in [0.15, 0.2) is 5.82 Å². The van der Waals surface area contributed by atoms with Crippen LogP contribution in [-0.2, 0) is 0 Å². The SMILES string of the molecule is c1ccc(-c2cc(-c3cccc4c5ccc6c(c7ccccc7n6-c6ccccc6)c5n(-c5ccc6c(c5)c5c(ccc7c8ccccc8n(-c8ccccc8)c75)n6-c5ccccc5)c34)nc(-c3ccccc3)n2)cc1. The summed E-state index contributed by atoms with van der Waals surface area (Å²) in [5.74, 6) is 0.679. The number of para-hydroxylation sites is 6. The highest BCUT2D eigenvalue weighted by Crippen LogP contribution is 2.47. The lowest BCUT2D eigenvalue weighted by atomic mass is 10.0. The molecule has 0 saturated carbocycles. The molecule has 16 rings (SSSR count). The first-order chi connectivity index (χ1) is 37.7. The van der Waals surface area contributed by atoms with Crippen molar-refractivity contribution >= 4 is 87.2 Å². The zero-order valence-corrected chi connectivity index (χ0v) is 41.1. The molecule has 0 spiro atoms. The first kappa shape index (κ1) is 42.2. The molecule has 0 aliphatic rings. The van der Waals surface area contributed by atoms with Crippen molar-refractivity contribution in [1.82, 2.24) is 28.2 Å². The van der Waals surface area contributed by atoms with E-state index in [2.05, 4.69) is 279 Å². The van der Waals surface area contributed by atoms with Gasteiger partial charge in [-0.1, -0.05) is 182 Å². The van der Waals surface area contributed by atoms with E-state index in [4.69, 9.17) is 9.97 Å². The van der Waals surface area contributed by atoms with Crippen LogP contribution in [0.4, 0.5) is 0 Å². The summed E-state index contributed by atoms with van der Waals surface area (Å²) in [5, 5.41) is 9.48.